The number of amides is 1. The summed E-state index contributed by atoms with van der Waals surface area (Å²) in [6, 6.07) is 6.99. The Kier molecular flexibility index (Phi) is 4.90. The molecule has 0 bridgehead atoms. The van der Waals surface area contributed by atoms with E-state index >= 15 is 0 Å². The number of halogens is 1. The van der Waals surface area contributed by atoms with E-state index in [0.29, 0.717) is 10.7 Å². The topological polar surface area (TPSA) is 76.1 Å². The number of thiazole rings is 1. The fourth-order valence-corrected chi connectivity index (χ4v) is 3.82. The lowest BCUT2D eigenvalue weighted by Gasteiger charge is -2.05. The number of sulfone groups is 1. The van der Waals surface area contributed by atoms with Crippen LogP contribution in [-0.2, 0) is 20.4 Å². The summed E-state index contributed by atoms with van der Waals surface area (Å²) in [6.07, 6.45) is 1.54. The molecule has 0 aliphatic heterocycles. The number of hydrogen-bond donors (Lipinski definition) is 1. The largest absolute Gasteiger partial charge is 0.301 e. The fraction of sp³-hybridized carbons (Fsp3) is 0.167. The van der Waals surface area contributed by atoms with Gasteiger partial charge in [0.15, 0.2) is 15.0 Å². The second-order valence-corrected chi connectivity index (χ2v) is 7.92. The van der Waals surface area contributed by atoms with Gasteiger partial charge in [0.05, 0.1) is 5.75 Å². The lowest BCUT2D eigenvalue weighted by Crippen LogP contribution is -2.23. The SMILES string of the molecule is O=C(CS(=O)(=O)Cc1cccc(Br)c1)Nc1nccs1. The highest BCUT2D eigenvalue weighted by Gasteiger charge is 2.18. The zero-order valence-corrected chi connectivity index (χ0v) is 13.5. The Balaban J connectivity index is 1.98. The first kappa shape index (κ1) is 15.1. The van der Waals surface area contributed by atoms with E-state index in [1.54, 1.807) is 23.6 Å². The molecule has 0 aliphatic rings. The van der Waals surface area contributed by atoms with Crippen molar-refractivity contribution in [2.45, 2.75) is 5.75 Å². The molecule has 2 aromatic rings. The van der Waals surface area contributed by atoms with Crippen LogP contribution in [0.4, 0.5) is 5.13 Å². The Labute approximate surface area is 129 Å². The van der Waals surface area contributed by atoms with E-state index in [1.807, 2.05) is 6.07 Å². The van der Waals surface area contributed by atoms with Gasteiger partial charge in [0, 0.05) is 16.0 Å². The van der Waals surface area contributed by atoms with Gasteiger partial charge in [-0.3, -0.25) is 4.79 Å². The van der Waals surface area contributed by atoms with E-state index in [1.165, 1.54) is 17.5 Å². The molecule has 5 nitrogen and oxygen atoms in total. The highest BCUT2D eigenvalue weighted by atomic mass is 79.9. The molecule has 2 rings (SSSR count). The molecule has 1 amide bonds. The van der Waals surface area contributed by atoms with Crippen LogP contribution in [0.1, 0.15) is 5.56 Å². The van der Waals surface area contributed by atoms with Gasteiger partial charge in [-0.05, 0) is 17.7 Å². The average Bonchev–Trinajstić information content (AvgIpc) is 2.79. The van der Waals surface area contributed by atoms with Crippen molar-refractivity contribution in [3.05, 3.63) is 45.9 Å². The van der Waals surface area contributed by atoms with Gasteiger partial charge in [-0.1, -0.05) is 28.1 Å². The zero-order chi connectivity index (χ0) is 14.6. The Morgan fingerprint density at radius 3 is 2.85 bits per heavy atom. The number of benzene rings is 1. The molecule has 20 heavy (non-hydrogen) atoms. The van der Waals surface area contributed by atoms with Crippen LogP contribution in [-0.4, -0.2) is 25.1 Å². The quantitative estimate of drug-likeness (QED) is 0.871. The minimum Gasteiger partial charge on any atom is -0.301 e. The minimum absolute atomic E-state index is 0.169. The smallest absolute Gasteiger partial charge is 0.241 e. The van der Waals surface area contributed by atoms with Gasteiger partial charge in [0.1, 0.15) is 5.75 Å². The predicted octanol–water partition coefficient (Wildman–Crippen LogP) is 2.46. The van der Waals surface area contributed by atoms with Crippen molar-refractivity contribution in [1.82, 2.24) is 4.98 Å². The summed E-state index contributed by atoms with van der Waals surface area (Å²) in [5.74, 6) is -1.30. The molecule has 1 aromatic carbocycles. The van der Waals surface area contributed by atoms with Crippen molar-refractivity contribution in [2.24, 2.45) is 0 Å². The number of hydrogen-bond acceptors (Lipinski definition) is 5. The molecule has 0 radical (unpaired) electrons. The second-order valence-electron chi connectivity index (χ2n) is 4.05. The van der Waals surface area contributed by atoms with E-state index in [0.717, 1.165) is 4.47 Å². The third kappa shape index (κ3) is 4.69. The summed E-state index contributed by atoms with van der Waals surface area (Å²) < 4.78 is 24.7. The monoisotopic (exact) mass is 374 g/mol. The maximum Gasteiger partial charge on any atom is 0.241 e. The first-order valence-electron chi connectivity index (χ1n) is 5.59. The lowest BCUT2D eigenvalue weighted by molar-refractivity contribution is -0.113. The molecule has 106 valence electrons. The van der Waals surface area contributed by atoms with Crippen LogP contribution in [0.3, 0.4) is 0 Å². The Bertz CT molecular complexity index is 699. The van der Waals surface area contributed by atoms with Gasteiger partial charge in [-0.2, -0.15) is 0 Å². The van der Waals surface area contributed by atoms with Crippen LogP contribution < -0.4 is 5.32 Å². The van der Waals surface area contributed by atoms with Crippen molar-refractivity contribution >= 4 is 48.1 Å². The number of carbonyl (C=O) groups excluding carboxylic acids is 1. The van der Waals surface area contributed by atoms with Crippen molar-refractivity contribution in [2.75, 3.05) is 11.1 Å². The summed E-state index contributed by atoms with van der Waals surface area (Å²) in [4.78, 5) is 15.5. The molecule has 0 aliphatic carbocycles. The summed E-state index contributed by atoms with van der Waals surface area (Å²) >= 11 is 4.52. The maximum absolute atomic E-state index is 12.0. The standard InChI is InChI=1S/C12H11BrN2O3S2/c13-10-3-1-2-9(6-10)7-20(17,18)8-11(16)15-12-14-4-5-19-12/h1-6H,7-8H2,(H,14,15,16). The summed E-state index contributed by atoms with van der Waals surface area (Å²) in [6.45, 7) is 0. The fourth-order valence-electron chi connectivity index (χ4n) is 1.57. The zero-order valence-electron chi connectivity index (χ0n) is 10.2. The number of rotatable bonds is 5. The van der Waals surface area contributed by atoms with Crippen molar-refractivity contribution in [1.29, 1.82) is 0 Å². The molecule has 0 fully saturated rings. The Morgan fingerprint density at radius 1 is 1.40 bits per heavy atom. The number of aromatic nitrogens is 1. The minimum atomic E-state index is -3.51. The normalized spacial score (nSPS) is 11.2. The molecule has 0 saturated heterocycles. The number of nitrogens with zero attached hydrogens (tertiary/aromatic N) is 1. The third-order valence-corrected chi connectivity index (χ3v) is 4.96. The molecule has 1 heterocycles. The van der Waals surface area contributed by atoms with Crippen LogP contribution in [0.5, 0.6) is 0 Å². The van der Waals surface area contributed by atoms with Gasteiger partial charge in [-0.25, -0.2) is 13.4 Å². The van der Waals surface area contributed by atoms with Gasteiger partial charge in [-0.15, -0.1) is 11.3 Å². The van der Waals surface area contributed by atoms with E-state index in [-0.39, 0.29) is 5.75 Å². The van der Waals surface area contributed by atoms with Crippen LogP contribution in [0.25, 0.3) is 0 Å². The van der Waals surface area contributed by atoms with Gasteiger partial charge >= 0.3 is 0 Å². The first-order chi connectivity index (χ1) is 9.44. The van der Waals surface area contributed by atoms with E-state index in [9.17, 15) is 13.2 Å². The molecule has 1 aromatic heterocycles. The van der Waals surface area contributed by atoms with Crippen molar-refractivity contribution < 1.29 is 13.2 Å². The number of nitrogens with one attached hydrogen (secondary N) is 1. The highest BCUT2D eigenvalue weighted by molar-refractivity contribution is 9.10. The molecule has 8 heteroatoms. The van der Waals surface area contributed by atoms with Crippen LogP contribution in [0, 0.1) is 0 Å². The summed E-state index contributed by atoms with van der Waals surface area (Å²) in [5.41, 5.74) is 0.640. The van der Waals surface area contributed by atoms with Crippen molar-refractivity contribution in [3.8, 4) is 0 Å². The van der Waals surface area contributed by atoms with Crippen LogP contribution >= 0.6 is 27.3 Å². The lowest BCUT2D eigenvalue weighted by atomic mass is 10.2. The number of carbonyl (C=O) groups is 1. The van der Waals surface area contributed by atoms with E-state index in [2.05, 4.69) is 26.2 Å². The van der Waals surface area contributed by atoms with Crippen LogP contribution in [0.2, 0.25) is 0 Å². The maximum atomic E-state index is 12.0. The molecule has 0 atom stereocenters. The van der Waals surface area contributed by atoms with E-state index < -0.39 is 21.5 Å². The van der Waals surface area contributed by atoms with Gasteiger partial charge < -0.3 is 5.32 Å². The molecule has 0 saturated carbocycles. The summed E-state index contributed by atoms with van der Waals surface area (Å²) in [5, 5.41) is 4.55. The second kappa shape index (κ2) is 6.47. The molecule has 1 N–H and O–H groups in total. The Hall–Kier alpha value is -1.25. The van der Waals surface area contributed by atoms with Crippen LogP contribution in [0.15, 0.2) is 40.3 Å². The molecule has 0 spiro atoms. The van der Waals surface area contributed by atoms with Gasteiger partial charge in [0.2, 0.25) is 5.91 Å². The van der Waals surface area contributed by atoms with Gasteiger partial charge in [0.25, 0.3) is 0 Å². The third-order valence-electron chi connectivity index (χ3n) is 2.31. The van der Waals surface area contributed by atoms with E-state index in [4.69, 9.17) is 0 Å². The summed E-state index contributed by atoms with van der Waals surface area (Å²) in [7, 11) is -3.51. The predicted molar refractivity (Wildman–Crippen MR) is 82.4 cm³/mol. The Morgan fingerprint density at radius 2 is 2.20 bits per heavy atom. The average molecular weight is 375 g/mol. The molecular formula is C12H11BrN2O3S2. The first-order valence-corrected chi connectivity index (χ1v) is 9.08. The number of anilines is 1. The van der Waals surface area contributed by atoms with Crippen molar-refractivity contribution in [3.63, 3.8) is 0 Å². The molecule has 0 unspecified atom stereocenters. The molecular weight excluding hydrogens is 364 g/mol. The highest BCUT2D eigenvalue weighted by Crippen LogP contribution is 2.15.